The second kappa shape index (κ2) is 5.58. The molecule has 1 aliphatic heterocycles. The number of rotatable bonds is 2. The standard InChI is InChI=1S/C13H13Cl2FN2O2/c1-6(2)11-13(20)17-5-10(19)18(11)12-8(14)3-7(16)4-9(12)15/h3-4,6,11H,5H2,1-2H3,(H,17,20). The Labute approximate surface area is 125 Å². The minimum absolute atomic E-state index is 0.00343. The predicted octanol–water partition coefficient (Wildman–Crippen LogP) is 2.62. The Morgan fingerprint density at radius 2 is 1.85 bits per heavy atom. The van der Waals surface area contributed by atoms with Gasteiger partial charge in [0, 0.05) is 0 Å². The van der Waals surface area contributed by atoms with Crippen LogP contribution in [-0.4, -0.2) is 24.4 Å². The molecule has 1 unspecified atom stereocenters. The first-order chi connectivity index (χ1) is 9.32. The lowest BCUT2D eigenvalue weighted by atomic mass is 9.98. The molecule has 1 aromatic carbocycles. The third-order valence-electron chi connectivity index (χ3n) is 3.08. The summed E-state index contributed by atoms with van der Waals surface area (Å²) >= 11 is 12.0. The van der Waals surface area contributed by atoms with E-state index >= 15 is 0 Å². The van der Waals surface area contributed by atoms with Crippen LogP contribution in [0, 0.1) is 11.7 Å². The van der Waals surface area contributed by atoms with Gasteiger partial charge < -0.3 is 5.32 Å². The van der Waals surface area contributed by atoms with Crippen LogP contribution in [0.2, 0.25) is 10.0 Å². The van der Waals surface area contributed by atoms with Crippen LogP contribution in [0.4, 0.5) is 10.1 Å². The van der Waals surface area contributed by atoms with Crippen molar-refractivity contribution < 1.29 is 14.0 Å². The minimum Gasteiger partial charge on any atom is -0.345 e. The third kappa shape index (κ3) is 2.60. The number of nitrogens with zero attached hydrogens (tertiary/aromatic N) is 1. The molecule has 0 aliphatic carbocycles. The van der Waals surface area contributed by atoms with Crippen LogP contribution in [0.1, 0.15) is 13.8 Å². The average molecular weight is 319 g/mol. The van der Waals surface area contributed by atoms with Crippen molar-refractivity contribution in [1.29, 1.82) is 0 Å². The molecule has 1 N–H and O–H groups in total. The van der Waals surface area contributed by atoms with E-state index in [0.717, 1.165) is 12.1 Å². The number of halogens is 3. The summed E-state index contributed by atoms with van der Waals surface area (Å²) in [4.78, 5) is 25.4. The maximum Gasteiger partial charge on any atom is 0.247 e. The molecule has 0 saturated carbocycles. The second-order valence-corrected chi connectivity index (χ2v) is 5.70. The van der Waals surface area contributed by atoms with Gasteiger partial charge in [-0.1, -0.05) is 37.0 Å². The van der Waals surface area contributed by atoms with E-state index in [1.807, 2.05) is 0 Å². The van der Waals surface area contributed by atoms with Crippen LogP contribution in [0.5, 0.6) is 0 Å². The fraction of sp³-hybridized carbons (Fsp3) is 0.385. The molecule has 1 aromatic rings. The number of piperazine rings is 1. The van der Waals surface area contributed by atoms with Crippen LogP contribution >= 0.6 is 23.2 Å². The number of carbonyl (C=O) groups is 2. The molecule has 2 rings (SSSR count). The van der Waals surface area contributed by atoms with Crippen LogP contribution in [-0.2, 0) is 9.59 Å². The Morgan fingerprint density at radius 1 is 1.30 bits per heavy atom. The van der Waals surface area contributed by atoms with Crippen molar-refractivity contribution >= 4 is 40.7 Å². The summed E-state index contributed by atoms with van der Waals surface area (Å²) < 4.78 is 13.3. The van der Waals surface area contributed by atoms with Crippen molar-refractivity contribution in [3.8, 4) is 0 Å². The molecule has 1 fully saturated rings. The van der Waals surface area contributed by atoms with Gasteiger partial charge in [-0.3, -0.25) is 14.5 Å². The SMILES string of the molecule is CC(C)C1C(=O)NCC(=O)N1c1c(Cl)cc(F)cc1Cl. The van der Waals surface area contributed by atoms with Gasteiger partial charge in [-0.2, -0.15) is 0 Å². The van der Waals surface area contributed by atoms with E-state index in [1.165, 1.54) is 4.90 Å². The Bertz CT molecular complexity index is 554. The maximum atomic E-state index is 13.3. The molecule has 0 bridgehead atoms. The molecule has 0 radical (unpaired) electrons. The van der Waals surface area contributed by atoms with Gasteiger partial charge in [0.1, 0.15) is 11.9 Å². The summed E-state index contributed by atoms with van der Waals surface area (Å²) in [6.07, 6.45) is 0. The lowest BCUT2D eigenvalue weighted by Crippen LogP contribution is -2.60. The summed E-state index contributed by atoms with van der Waals surface area (Å²) in [6.45, 7) is 3.48. The molecule has 20 heavy (non-hydrogen) atoms. The van der Waals surface area contributed by atoms with E-state index in [0.29, 0.717) is 0 Å². The van der Waals surface area contributed by atoms with E-state index in [4.69, 9.17) is 23.2 Å². The number of amides is 2. The Kier molecular flexibility index (Phi) is 4.20. The third-order valence-corrected chi connectivity index (χ3v) is 3.66. The lowest BCUT2D eigenvalue weighted by molar-refractivity contribution is -0.131. The largest absolute Gasteiger partial charge is 0.345 e. The highest BCUT2D eigenvalue weighted by Crippen LogP contribution is 2.37. The summed E-state index contributed by atoms with van der Waals surface area (Å²) in [5.41, 5.74) is 0.174. The van der Waals surface area contributed by atoms with Crippen LogP contribution in [0.25, 0.3) is 0 Å². The van der Waals surface area contributed by atoms with Crippen LogP contribution in [0.3, 0.4) is 0 Å². The molecule has 1 heterocycles. The Morgan fingerprint density at radius 3 is 2.35 bits per heavy atom. The van der Waals surface area contributed by atoms with E-state index in [9.17, 15) is 14.0 Å². The number of anilines is 1. The van der Waals surface area contributed by atoms with Crippen molar-refractivity contribution in [3.05, 3.63) is 28.0 Å². The van der Waals surface area contributed by atoms with E-state index in [-0.39, 0.29) is 40.0 Å². The summed E-state index contributed by atoms with van der Waals surface area (Å²) in [5, 5.41) is 2.53. The summed E-state index contributed by atoms with van der Waals surface area (Å²) in [5.74, 6) is -1.36. The lowest BCUT2D eigenvalue weighted by Gasteiger charge is -2.37. The molecule has 1 atom stereocenters. The molecule has 1 saturated heterocycles. The summed E-state index contributed by atoms with van der Waals surface area (Å²) in [7, 11) is 0. The molecule has 2 amide bonds. The highest BCUT2D eigenvalue weighted by Gasteiger charge is 2.39. The molecule has 0 spiro atoms. The minimum atomic E-state index is -0.725. The van der Waals surface area contributed by atoms with Gasteiger partial charge in [0.25, 0.3) is 0 Å². The molecular weight excluding hydrogens is 306 g/mol. The first-order valence-electron chi connectivity index (χ1n) is 6.07. The van der Waals surface area contributed by atoms with E-state index in [1.54, 1.807) is 13.8 Å². The highest BCUT2D eigenvalue weighted by molar-refractivity contribution is 6.40. The number of hydrogen-bond donors (Lipinski definition) is 1. The quantitative estimate of drug-likeness (QED) is 0.911. The van der Waals surface area contributed by atoms with Gasteiger partial charge in [-0.25, -0.2) is 4.39 Å². The zero-order valence-corrected chi connectivity index (χ0v) is 12.4. The first kappa shape index (κ1) is 15.1. The van der Waals surface area contributed by atoms with Crippen molar-refractivity contribution in [3.63, 3.8) is 0 Å². The maximum absolute atomic E-state index is 13.3. The molecule has 1 aliphatic rings. The van der Waals surface area contributed by atoms with Gasteiger partial charge >= 0.3 is 0 Å². The van der Waals surface area contributed by atoms with Crippen molar-refractivity contribution in [2.45, 2.75) is 19.9 Å². The molecular formula is C13H13Cl2FN2O2. The number of benzene rings is 1. The fourth-order valence-electron chi connectivity index (χ4n) is 2.25. The van der Waals surface area contributed by atoms with Gasteiger partial charge in [-0.05, 0) is 18.1 Å². The topological polar surface area (TPSA) is 49.4 Å². The normalized spacial score (nSPS) is 19.5. The number of hydrogen-bond acceptors (Lipinski definition) is 2. The zero-order chi connectivity index (χ0) is 15.0. The molecule has 0 aromatic heterocycles. The average Bonchev–Trinajstić information content (AvgIpc) is 2.31. The van der Waals surface area contributed by atoms with Crippen molar-refractivity contribution in [1.82, 2.24) is 5.32 Å². The Balaban J connectivity index is 2.57. The highest BCUT2D eigenvalue weighted by atomic mass is 35.5. The fourth-order valence-corrected chi connectivity index (χ4v) is 2.90. The van der Waals surface area contributed by atoms with E-state index in [2.05, 4.69) is 5.32 Å². The Hall–Kier alpha value is -1.33. The number of nitrogens with one attached hydrogen (secondary N) is 1. The van der Waals surface area contributed by atoms with E-state index < -0.39 is 11.9 Å². The molecule has 4 nitrogen and oxygen atoms in total. The molecule has 108 valence electrons. The smallest absolute Gasteiger partial charge is 0.247 e. The van der Waals surface area contributed by atoms with Crippen LogP contribution < -0.4 is 10.2 Å². The van der Waals surface area contributed by atoms with Crippen LogP contribution in [0.15, 0.2) is 12.1 Å². The first-order valence-corrected chi connectivity index (χ1v) is 6.83. The van der Waals surface area contributed by atoms with Gasteiger partial charge in [-0.15, -0.1) is 0 Å². The predicted molar refractivity (Wildman–Crippen MR) is 75.5 cm³/mol. The van der Waals surface area contributed by atoms with Crippen molar-refractivity contribution in [2.24, 2.45) is 5.92 Å². The van der Waals surface area contributed by atoms with Gasteiger partial charge in [0.2, 0.25) is 11.8 Å². The molecule has 7 heteroatoms. The second-order valence-electron chi connectivity index (χ2n) is 4.89. The summed E-state index contributed by atoms with van der Waals surface area (Å²) in [6, 6.07) is 1.41. The monoisotopic (exact) mass is 318 g/mol. The van der Waals surface area contributed by atoms with Gasteiger partial charge in [0.15, 0.2) is 0 Å². The van der Waals surface area contributed by atoms with Gasteiger partial charge in [0.05, 0.1) is 22.3 Å². The number of carbonyl (C=O) groups excluding carboxylic acids is 2. The van der Waals surface area contributed by atoms with Crippen molar-refractivity contribution in [2.75, 3.05) is 11.4 Å². The zero-order valence-electron chi connectivity index (χ0n) is 10.9.